The van der Waals surface area contributed by atoms with Crippen LogP contribution in [0, 0.1) is 0 Å². The fourth-order valence-electron chi connectivity index (χ4n) is 1.73. The highest BCUT2D eigenvalue weighted by Gasteiger charge is 2.10. The normalized spacial score (nSPS) is 10.8. The minimum absolute atomic E-state index is 0.292. The van der Waals surface area contributed by atoms with Gasteiger partial charge in [-0.3, -0.25) is 4.79 Å². The van der Waals surface area contributed by atoms with Crippen LogP contribution in [0.1, 0.15) is 0 Å². The Morgan fingerprint density at radius 1 is 1.29 bits per heavy atom. The van der Waals surface area contributed by atoms with Crippen molar-refractivity contribution >= 4 is 11.0 Å². The van der Waals surface area contributed by atoms with Gasteiger partial charge in [0.05, 0.1) is 11.6 Å². The zero-order valence-corrected chi connectivity index (χ0v) is 8.68. The quantitative estimate of drug-likeness (QED) is 0.666. The Hall–Kier alpha value is -2.56. The van der Waals surface area contributed by atoms with E-state index < -0.39 is 5.56 Å². The molecule has 0 unspecified atom stereocenters. The lowest BCUT2D eigenvalue weighted by Gasteiger charge is -1.97. The molecule has 0 spiro atoms. The number of H-pyrrole nitrogens is 1. The Kier molecular flexibility index (Phi) is 1.98. The van der Waals surface area contributed by atoms with Crippen LogP contribution in [0.3, 0.4) is 0 Å². The summed E-state index contributed by atoms with van der Waals surface area (Å²) in [6, 6.07) is 8.42. The number of hydrogen-bond acceptors (Lipinski definition) is 4. The molecule has 0 aliphatic rings. The van der Waals surface area contributed by atoms with Gasteiger partial charge in [-0.25, -0.2) is 0 Å². The molecule has 0 aliphatic heterocycles. The number of aromatic hydroxyl groups is 1. The van der Waals surface area contributed by atoms with E-state index in [1.165, 1.54) is 6.26 Å². The Bertz CT molecular complexity index is 743. The van der Waals surface area contributed by atoms with Gasteiger partial charge in [-0.05, 0) is 6.07 Å². The fraction of sp³-hybridized carbons (Fsp3) is 0. The summed E-state index contributed by atoms with van der Waals surface area (Å²) in [5.41, 5.74) is 0.944. The highest BCUT2D eigenvalue weighted by atomic mass is 16.3. The number of nitrogens with one attached hydrogen (secondary N) is 1. The minimum atomic E-state index is -0.405. The molecule has 0 bridgehead atoms. The first-order valence-corrected chi connectivity index (χ1v) is 5.01. The topological polar surface area (TPSA) is 79.1 Å². The second-order valence-electron chi connectivity index (χ2n) is 3.60. The summed E-state index contributed by atoms with van der Waals surface area (Å²) in [4.78, 5) is 17.7. The predicted molar refractivity (Wildman–Crippen MR) is 61.7 cm³/mol. The SMILES string of the molecule is O=c1cc(O)nc(-c2coc3ccccc23)[nH]1. The molecule has 1 aromatic carbocycles. The van der Waals surface area contributed by atoms with Crippen LogP contribution < -0.4 is 5.56 Å². The lowest BCUT2D eigenvalue weighted by Crippen LogP contribution is -2.06. The maximum Gasteiger partial charge on any atom is 0.254 e. The zero-order valence-electron chi connectivity index (χ0n) is 8.68. The molecule has 0 saturated carbocycles. The van der Waals surface area contributed by atoms with Gasteiger partial charge >= 0.3 is 0 Å². The molecule has 0 atom stereocenters. The van der Waals surface area contributed by atoms with E-state index in [0.29, 0.717) is 17.0 Å². The van der Waals surface area contributed by atoms with Gasteiger partial charge < -0.3 is 14.5 Å². The molecule has 0 fully saturated rings. The molecule has 0 aliphatic carbocycles. The number of nitrogens with zero attached hydrogens (tertiary/aromatic N) is 1. The molecule has 2 aromatic heterocycles. The van der Waals surface area contributed by atoms with Gasteiger partial charge in [-0.1, -0.05) is 18.2 Å². The van der Waals surface area contributed by atoms with Crippen molar-refractivity contribution in [3.05, 3.63) is 46.9 Å². The van der Waals surface area contributed by atoms with Crippen molar-refractivity contribution in [2.24, 2.45) is 0 Å². The van der Waals surface area contributed by atoms with Gasteiger partial charge in [0, 0.05) is 5.39 Å². The van der Waals surface area contributed by atoms with Crippen LogP contribution in [0.2, 0.25) is 0 Å². The van der Waals surface area contributed by atoms with Crippen LogP contribution >= 0.6 is 0 Å². The predicted octanol–water partition coefficient (Wildman–Crippen LogP) is 1.89. The second-order valence-corrected chi connectivity index (χ2v) is 3.60. The number of benzene rings is 1. The van der Waals surface area contributed by atoms with Crippen molar-refractivity contribution in [2.45, 2.75) is 0 Å². The molecule has 5 nitrogen and oxygen atoms in total. The van der Waals surface area contributed by atoms with Gasteiger partial charge in [-0.2, -0.15) is 4.98 Å². The molecule has 0 amide bonds. The summed E-state index contributed by atoms with van der Waals surface area (Å²) in [5, 5.41) is 10.1. The van der Waals surface area contributed by atoms with Crippen LogP contribution in [-0.2, 0) is 0 Å². The number of hydrogen-bond donors (Lipinski definition) is 2. The molecule has 3 rings (SSSR count). The Labute approximate surface area is 95.4 Å². The van der Waals surface area contributed by atoms with E-state index in [9.17, 15) is 9.90 Å². The van der Waals surface area contributed by atoms with Crippen molar-refractivity contribution in [3.63, 3.8) is 0 Å². The summed E-state index contributed by atoms with van der Waals surface area (Å²) in [6.45, 7) is 0. The standard InChI is InChI=1S/C12H8N2O3/c15-10-5-11(16)14-12(13-10)8-6-17-9-4-2-1-3-7(8)9/h1-6H,(H2,13,14,15,16). The molecule has 2 heterocycles. The van der Waals surface area contributed by atoms with Crippen LogP contribution in [-0.4, -0.2) is 15.1 Å². The van der Waals surface area contributed by atoms with Crippen molar-refractivity contribution in [1.82, 2.24) is 9.97 Å². The summed E-state index contributed by atoms with van der Waals surface area (Å²) in [5.74, 6) is -0.0195. The van der Waals surface area contributed by atoms with Crippen molar-refractivity contribution < 1.29 is 9.52 Å². The lowest BCUT2D eigenvalue weighted by molar-refractivity contribution is 0.452. The van der Waals surface area contributed by atoms with Gasteiger partial charge in [0.1, 0.15) is 17.7 Å². The maximum absolute atomic E-state index is 11.3. The molecule has 3 aromatic rings. The van der Waals surface area contributed by atoms with Gasteiger partial charge in [0.15, 0.2) is 0 Å². The Morgan fingerprint density at radius 2 is 2.12 bits per heavy atom. The van der Waals surface area contributed by atoms with Crippen molar-refractivity contribution in [2.75, 3.05) is 0 Å². The van der Waals surface area contributed by atoms with E-state index in [1.54, 1.807) is 0 Å². The largest absolute Gasteiger partial charge is 0.493 e. The summed E-state index contributed by atoms with van der Waals surface area (Å²) >= 11 is 0. The zero-order chi connectivity index (χ0) is 11.8. The number of fused-ring (bicyclic) bond motifs is 1. The first-order chi connectivity index (χ1) is 8.24. The second kappa shape index (κ2) is 3.48. The Balaban J connectivity index is 2.30. The molecule has 0 saturated heterocycles. The van der Waals surface area contributed by atoms with E-state index in [0.717, 1.165) is 11.5 Å². The van der Waals surface area contributed by atoms with E-state index in [2.05, 4.69) is 9.97 Å². The number of rotatable bonds is 1. The average Bonchev–Trinajstić information content (AvgIpc) is 2.71. The summed E-state index contributed by atoms with van der Waals surface area (Å²) in [7, 11) is 0. The molecular formula is C12H8N2O3. The smallest absolute Gasteiger partial charge is 0.254 e. The average molecular weight is 228 g/mol. The third kappa shape index (κ3) is 1.57. The lowest BCUT2D eigenvalue weighted by atomic mass is 10.1. The summed E-state index contributed by atoms with van der Waals surface area (Å²) < 4.78 is 5.34. The monoisotopic (exact) mass is 228 g/mol. The molecule has 0 radical (unpaired) electrons. The fourth-order valence-corrected chi connectivity index (χ4v) is 1.73. The van der Waals surface area contributed by atoms with Crippen LogP contribution in [0.25, 0.3) is 22.4 Å². The van der Waals surface area contributed by atoms with E-state index in [1.807, 2.05) is 24.3 Å². The maximum atomic E-state index is 11.3. The highest BCUT2D eigenvalue weighted by Crippen LogP contribution is 2.27. The van der Waals surface area contributed by atoms with E-state index in [-0.39, 0.29) is 5.88 Å². The van der Waals surface area contributed by atoms with Gasteiger partial charge in [0.2, 0.25) is 5.88 Å². The third-order valence-corrected chi connectivity index (χ3v) is 2.46. The van der Waals surface area contributed by atoms with E-state index >= 15 is 0 Å². The molecule has 2 N–H and O–H groups in total. The molecule has 84 valence electrons. The third-order valence-electron chi connectivity index (χ3n) is 2.46. The molecule has 17 heavy (non-hydrogen) atoms. The van der Waals surface area contributed by atoms with Gasteiger partial charge in [0.25, 0.3) is 5.56 Å². The molecule has 5 heteroatoms. The first kappa shape index (κ1) is 9.65. The van der Waals surface area contributed by atoms with E-state index in [4.69, 9.17) is 4.42 Å². The Morgan fingerprint density at radius 3 is 2.94 bits per heavy atom. The highest BCUT2D eigenvalue weighted by molar-refractivity contribution is 5.91. The van der Waals surface area contributed by atoms with Gasteiger partial charge in [-0.15, -0.1) is 0 Å². The number of aromatic nitrogens is 2. The first-order valence-electron chi connectivity index (χ1n) is 5.01. The van der Waals surface area contributed by atoms with Crippen LogP contribution in [0.15, 0.2) is 45.8 Å². The summed E-state index contributed by atoms with van der Waals surface area (Å²) in [6.07, 6.45) is 1.50. The minimum Gasteiger partial charge on any atom is -0.493 e. The van der Waals surface area contributed by atoms with Crippen molar-refractivity contribution in [3.8, 4) is 17.3 Å². The number of aromatic amines is 1. The van der Waals surface area contributed by atoms with Crippen LogP contribution in [0.5, 0.6) is 5.88 Å². The molecular weight excluding hydrogens is 220 g/mol. The number of para-hydroxylation sites is 1. The van der Waals surface area contributed by atoms with Crippen molar-refractivity contribution in [1.29, 1.82) is 0 Å². The number of furan rings is 1. The van der Waals surface area contributed by atoms with Crippen LogP contribution in [0.4, 0.5) is 0 Å².